The number of hydrogen-bond donors (Lipinski definition) is 3. The topological polar surface area (TPSA) is 109 Å². The van der Waals surface area contributed by atoms with Crippen LogP contribution in [0.1, 0.15) is 0 Å². The minimum absolute atomic E-state index is 0.0854. The second-order valence-electron chi connectivity index (χ2n) is 4.57. The average molecular weight is 304 g/mol. The number of aromatic hydroxyl groups is 3. The number of ether oxygens (including phenoxy) is 2. The summed E-state index contributed by atoms with van der Waals surface area (Å²) in [5.74, 6) is -0.813. The molecule has 0 aliphatic carbocycles. The first-order chi connectivity index (χ1) is 10.5. The summed E-state index contributed by atoms with van der Waals surface area (Å²) in [6, 6.07) is 3.57. The molecule has 114 valence electrons. The van der Waals surface area contributed by atoms with Gasteiger partial charge < -0.3 is 29.2 Å². The highest BCUT2D eigenvalue weighted by molar-refractivity contribution is 6.00. The molecule has 0 atom stereocenters. The predicted molar refractivity (Wildman–Crippen MR) is 78.1 cm³/mol. The van der Waals surface area contributed by atoms with Gasteiger partial charge in [-0.15, -0.1) is 0 Å². The van der Waals surface area contributed by atoms with E-state index in [9.17, 15) is 20.1 Å². The van der Waals surface area contributed by atoms with Crippen molar-refractivity contribution in [3.63, 3.8) is 0 Å². The first-order valence-corrected chi connectivity index (χ1v) is 6.25. The first-order valence-electron chi connectivity index (χ1n) is 6.25. The number of hydrogen-bond acceptors (Lipinski definition) is 7. The largest absolute Gasteiger partial charge is 0.507 e. The van der Waals surface area contributed by atoms with Gasteiger partial charge in [0.15, 0.2) is 22.7 Å². The highest BCUT2D eigenvalue weighted by Gasteiger charge is 2.22. The zero-order valence-electron chi connectivity index (χ0n) is 11.7. The van der Waals surface area contributed by atoms with Crippen LogP contribution in [0.4, 0.5) is 0 Å². The fraction of sp³-hybridized carbons (Fsp3) is 0.133. The Hall–Kier alpha value is -3.09. The lowest BCUT2D eigenvalue weighted by atomic mass is 10.1. The Kier molecular flexibility index (Phi) is 2.98. The second kappa shape index (κ2) is 4.73. The van der Waals surface area contributed by atoms with Gasteiger partial charge in [0.1, 0.15) is 22.3 Å². The summed E-state index contributed by atoms with van der Waals surface area (Å²) in [4.78, 5) is 12.6. The third-order valence-electron chi connectivity index (χ3n) is 3.38. The Labute approximate surface area is 123 Å². The van der Waals surface area contributed by atoms with Gasteiger partial charge in [-0.2, -0.15) is 0 Å². The molecule has 0 saturated carbocycles. The SMILES string of the molecule is COc1cc(O)c2c(=O)c3c(O)ccc(O)c3oc2c1OC. The van der Waals surface area contributed by atoms with Crippen LogP contribution in [0.3, 0.4) is 0 Å². The lowest BCUT2D eigenvalue weighted by Gasteiger charge is -2.12. The molecule has 0 aliphatic heterocycles. The minimum Gasteiger partial charge on any atom is -0.507 e. The van der Waals surface area contributed by atoms with Crippen LogP contribution >= 0.6 is 0 Å². The van der Waals surface area contributed by atoms with E-state index in [1.54, 1.807) is 0 Å². The molecule has 0 saturated heterocycles. The van der Waals surface area contributed by atoms with Crippen LogP contribution < -0.4 is 14.9 Å². The molecule has 0 bridgehead atoms. The summed E-state index contributed by atoms with van der Waals surface area (Å²) >= 11 is 0. The maximum absolute atomic E-state index is 12.6. The van der Waals surface area contributed by atoms with Crippen molar-refractivity contribution in [3.8, 4) is 28.7 Å². The van der Waals surface area contributed by atoms with Crippen molar-refractivity contribution in [2.75, 3.05) is 14.2 Å². The molecular formula is C15H12O7. The maximum Gasteiger partial charge on any atom is 0.208 e. The fourth-order valence-electron chi connectivity index (χ4n) is 2.38. The predicted octanol–water partition coefficient (Wildman–Crippen LogP) is 2.08. The van der Waals surface area contributed by atoms with E-state index in [-0.39, 0.29) is 50.7 Å². The van der Waals surface area contributed by atoms with E-state index in [2.05, 4.69) is 0 Å². The lowest BCUT2D eigenvalue weighted by molar-refractivity contribution is 0.350. The Morgan fingerprint density at radius 1 is 0.909 bits per heavy atom. The van der Waals surface area contributed by atoms with Crippen LogP contribution in [0.25, 0.3) is 21.9 Å². The molecule has 7 heteroatoms. The molecule has 3 N–H and O–H groups in total. The van der Waals surface area contributed by atoms with Crippen molar-refractivity contribution >= 4 is 21.9 Å². The molecule has 3 rings (SSSR count). The van der Waals surface area contributed by atoms with E-state index < -0.39 is 5.43 Å². The van der Waals surface area contributed by atoms with Gasteiger partial charge in [-0.1, -0.05) is 0 Å². The normalized spacial score (nSPS) is 11.0. The third kappa shape index (κ3) is 1.72. The van der Waals surface area contributed by atoms with Crippen molar-refractivity contribution in [1.29, 1.82) is 0 Å². The Bertz CT molecular complexity index is 956. The van der Waals surface area contributed by atoms with Gasteiger partial charge in [0.05, 0.1) is 14.2 Å². The number of phenols is 3. The zero-order chi connectivity index (χ0) is 16.0. The molecular weight excluding hydrogens is 292 g/mol. The van der Waals surface area contributed by atoms with Crippen molar-refractivity contribution in [1.82, 2.24) is 0 Å². The molecule has 0 aliphatic rings. The lowest BCUT2D eigenvalue weighted by Crippen LogP contribution is -2.04. The van der Waals surface area contributed by atoms with Crippen LogP contribution in [-0.4, -0.2) is 29.5 Å². The van der Waals surface area contributed by atoms with Gasteiger partial charge in [-0.3, -0.25) is 4.79 Å². The molecule has 3 aromatic rings. The van der Waals surface area contributed by atoms with Crippen LogP contribution in [0, 0.1) is 0 Å². The number of methoxy groups -OCH3 is 2. The van der Waals surface area contributed by atoms with E-state index in [4.69, 9.17) is 13.9 Å². The summed E-state index contributed by atoms with van der Waals surface area (Å²) in [5.41, 5.74) is -0.982. The summed E-state index contributed by atoms with van der Waals surface area (Å²) in [5, 5.41) is 29.4. The Morgan fingerprint density at radius 2 is 1.55 bits per heavy atom. The summed E-state index contributed by atoms with van der Waals surface area (Å²) in [6.45, 7) is 0. The Morgan fingerprint density at radius 3 is 2.18 bits per heavy atom. The smallest absolute Gasteiger partial charge is 0.208 e. The van der Waals surface area contributed by atoms with Gasteiger partial charge in [0, 0.05) is 6.07 Å². The van der Waals surface area contributed by atoms with Gasteiger partial charge in [-0.05, 0) is 12.1 Å². The third-order valence-corrected chi connectivity index (χ3v) is 3.38. The summed E-state index contributed by atoms with van der Waals surface area (Å²) in [7, 11) is 2.71. The molecule has 0 unspecified atom stereocenters. The van der Waals surface area contributed by atoms with Crippen molar-refractivity contribution in [3.05, 3.63) is 28.4 Å². The standard InChI is InChI=1S/C15H12O7/c1-20-9-5-8(18)11-12(19)10-6(16)3-4-7(17)13(10)22-15(11)14(9)21-2/h3-5,16-18H,1-2H3. The van der Waals surface area contributed by atoms with Gasteiger partial charge in [0.25, 0.3) is 0 Å². The number of phenolic OH excluding ortho intramolecular Hbond substituents is 3. The average Bonchev–Trinajstić information content (AvgIpc) is 2.50. The highest BCUT2D eigenvalue weighted by Crippen LogP contribution is 2.42. The first kappa shape index (κ1) is 13.9. The monoisotopic (exact) mass is 304 g/mol. The van der Waals surface area contributed by atoms with Crippen molar-refractivity contribution < 1.29 is 29.2 Å². The molecule has 0 fully saturated rings. The number of fused-ring (bicyclic) bond motifs is 2. The minimum atomic E-state index is -0.692. The van der Waals surface area contributed by atoms with Crippen molar-refractivity contribution in [2.24, 2.45) is 0 Å². The molecule has 2 aromatic carbocycles. The number of rotatable bonds is 2. The molecule has 0 radical (unpaired) electrons. The number of benzene rings is 2. The second-order valence-corrected chi connectivity index (χ2v) is 4.57. The molecule has 22 heavy (non-hydrogen) atoms. The van der Waals surface area contributed by atoms with Gasteiger partial charge in [0.2, 0.25) is 11.2 Å². The van der Waals surface area contributed by atoms with Gasteiger partial charge in [-0.25, -0.2) is 0 Å². The van der Waals surface area contributed by atoms with E-state index >= 15 is 0 Å². The van der Waals surface area contributed by atoms with Crippen LogP contribution in [-0.2, 0) is 0 Å². The molecule has 7 nitrogen and oxygen atoms in total. The van der Waals surface area contributed by atoms with Crippen LogP contribution in [0.2, 0.25) is 0 Å². The van der Waals surface area contributed by atoms with E-state index in [1.807, 2.05) is 0 Å². The van der Waals surface area contributed by atoms with Crippen LogP contribution in [0.15, 0.2) is 27.4 Å². The summed E-state index contributed by atoms with van der Waals surface area (Å²) in [6.07, 6.45) is 0. The van der Waals surface area contributed by atoms with Gasteiger partial charge >= 0.3 is 0 Å². The van der Waals surface area contributed by atoms with E-state index in [0.717, 1.165) is 6.07 Å². The molecule has 0 spiro atoms. The highest BCUT2D eigenvalue weighted by atomic mass is 16.5. The molecule has 0 amide bonds. The van der Waals surface area contributed by atoms with E-state index in [0.29, 0.717) is 0 Å². The van der Waals surface area contributed by atoms with Crippen LogP contribution in [0.5, 0.6) is 28.7 Å². The summed E-state index contributed by atoms with van der Waals surface area (Å²) < 4.78 is 15.7. The molecule has 1 aromatic heterocycles. The Balaban J connectivity index is 2.66. The fourth-order valence-corrected chi connectivity index (χ4v) is 2.38. The van der Waals surface area contributed by atoms with E-state index in [1.165, 1.54) is 26.4 Å². The molecule has 1 heterocycles. The maximum atomic E-state index is 12.6. The quantitative estimate of drug-likeness (QED) is 0.491. The zero-order valence-corrected chi connectivity index (χ0v) is 11.7. The van der Waals surface area contributed by atoms with Crippen molar-refractivity contribution in [2.45, 2.75) is 0 Å².